The molecule has 0 fully saturated rings. The molecule has 4 aromatic rings. The number of nitrogens with zero attached hydrogens (tertiary/aromatic N) is 1. The Labute approximate surface area is 196 Å². The van der Waals surface area contributed by atoms with Crippen molar-refractivity contribution < 1.29 is 23.8 Å². The number of ether oxygens (including phenoxy) is 3. The Kier molecular flexibility index (Phi) is 5.82. The van der Waals surface area contributed by atoms with Crippen LogP contribution in [0.25, 0.3) is 22.2 Å². The van der Waals surface area contributed by atoms with E-state index in [0.29, 0.717) is 33.7 Å². The van der Waals surface area contributed by atoms with E-state index in [1.54, 1.807) is 12.1 Å². The van der Waals surface area contributed by atoms with Crippen molar-refractivity contribution in [2.24, 2.45) is 0 Å². The number of rotatable bonds is 6. The number of hydrogen-bond donors (Lipinski definition) is 1. The average molecular weight is 454 g/mol. The number of carbonyl (C=O) groups excluding carboxylic acids is 2. The molecular weight excluding hydrogens is 432 g/mol. The third-order valence-electron chi connectivity index (χ3n) is 5.61. The molecule has 0 aliphatic carbocycles. The number of benzene rings is 3. The summed E-state index contributed by atoms with van der Waals surface area (Å²) in [6, 6.07) is 23.9. The smallest absolute Gasteiger partial charge is 0.339 e. The van der Waals surface area contributed by atoms with Gasteiger partial charge in [-0.2, -0.15) is 0 Å². The number of hydrogen-bond acceptors (Lipinski definition) is 6. The highest BCUT2D eigenvalue weighted by Gasteiger charge is 2.19. The number of fused-ring (bicyclic) bond motifs is 2. The zero-order valence-corrected chi connectivity index (χ0v) is 18.5. The third-order valence-corrected chi connectivity index (χ3v) is 5.61. The maximum atomic E-state index is 13.0. The maximum absolute atomic E-state index is 13.0. The van der Waals surface area contributed by atoms with Gasteiger partial charge in [-0.1, -0.05) is 54.6 Å². The zero-order valence-electron chi connectivity index (χ0n) is 18.5. The minimum absolute atomic E-state index is 0.186. The van der Waals surface area contributed by atoms with Crippen molar-refractivity contribution in [2.75, 3.05) is 13.4 Å². The Bertz CT molecular complexity index is 1370. The number of para-hydroxylation sites is 1. The van der Waals surface area contributed by atoms with Crippen molar-refractivity contribution >= 4 is 22.8 Å². The van der Waals surface area contributed by atoms with E-state index >= 15 is 0 Å². The molecule has 5 rings (SSSR count). The number of amides is 1. The SMILES string of the molecule is CC(NC(=O)COC(=O)c1cc(-c2ccccc2)nc2ccccc12)c1ccc2c(c1)OCO2. The Morgan fingerprint density at radius 2 is 1.74 bits per heavy atom. The molecule has 0 saturated heterocycles. The van der Waals surface area contributed by atoms with Gasteiger partial charge in [0, 0.05) is 10.9 Å². The van der Waals surface area contributed by atoms with Crippen molar-refractivity contribution in [3.63, 3.8) is 0 Å². The summed E-state index contributed by atoms with van der Waals surface area (Å²) in [5.41, 5.74) is 3.44. The standard InChI is InChI=1S/C27H22N2O5/c1-17(19-11-12-24-25(13-19)34-16-33-24)28-26(30)15-32-27(31)21-14-23(18-7-3-2-4-8-18)29-22-10-6-5-9-20(21)22/h2-14,17H,15-16H2,1H3,(H,28,30). The molecule has 1 amide bonds. The van der Waals surface area contributed by atoms with Gasteiger partial charge in [-0.05, 0) is 36.8 Å². The van der Waals surface area contributed by atoms with Crippen LogP contribution in [0.4, 0.5) is 0 Å². The van der Waals surface area contributed by atoms with Crippen LogP contribution in [0, 0.1) is 0 Å². The van der Waals surface area contributed by atoms with E-state index in [2.05, 4.69) is 10.3 Å². The molecule has 1 unspecified atom stereocenters. The minimum atomic E-state index is -0.582. The molecular formula is C27H22N2O5. The van der Waals surface area contributed by atoms with E-state index in [4.69, 9.17) is 14.2 Å². The van der Waals surface area contributed by atoms with Crippen LogP contribution in [0.5, 0.6) is 11.5 Å². The van der Waals surface area contributed by atoms with Gasteiger partial charge >= 0.3 is 5.97 Å². The lowest BCUT2D eigenvalue weighted by Crippen LogP contribution is -2.31. The Hall–Kier alpha value is -4.39. The summed E-state index contributed by atoms with van der Waals surface area (Å²) in [7, 11) is 0. The van der Waals surface area contributed by atoms with Crippen LogP contribution in [0.2, 0.25) is 0 Å². The highest BCUT2D eigenvalue weighted by molar-refractivity contribution is 6.05. The summed E-state index contributed by atoms with van der Waals surface area (Å²) >= 11 is 0. The topological polar surface area (TPSA) is 86.8 Å². The monoisotopic (exact) mass is 454 g/mol. The molecule has 2 heterocycles. The second-order valence-corrected chi connectivity index (χ2v) is 7.92. The molecule has 0 spiro atoms. The zero-order chi connectivity index (χ0) is 23.5. The predicted molar refractivity (Wildman–Crippen MR) is 127 cm³/mol. The largest absolute Gasteiger partial charge is 0.454 e. The molecule has 7 nitrogen and oxygen atoms in total. The van der Waals surface area contributed by atoms with Crippen molar-refractivity contribution in [1.29, 1.82) is 0 Å². The van der Waals surface area contributed by atoms with Gasteiger partial charge in [0.2, 0.25) is 6.79 Å². The van der Waals surface area contributed by atoms with Crippen molar-refractivity contribution in [2.45, 2.75) is 13.0 Å². The second-order valence-electron chi connectivity index (χ2n) is 7.92. The normalized spacial score (nSPS) is 12.9. The summed E-state index contributed by atoms with van der Waals surface area (Å²) < 4.78 is 16.1. The van der Waals surface area contributed by atoms with Crippen molar-refractivity contribution in [3.8, 4) is 22.8 Å². The van der Waals surface area contributed by atoms with Crippen LogP contribution in [-0.4, -0.2) is 30.3 Å². The highest BCUT2D eigenvalue weighted by Crippen LogP contribution is 2.34. The lowest BCUT2D eigenvalue weighted by Gasteiger charge is -2.15. The fraction of sp³-hybridized carbons (Fsp3) is 0.148. The Morgan fingerprint density at radius 1 is 0.971 bits per heavy atom. The van der Waals surface area contributed by atoms with Crippen LogP contribution in [0.15, 0.2) is 78.9 Å². The summed E-state index contributed by atoms with van der Waals surface area (Å²) in [6.45, 7) is 1.63. The first-order valence-corrected chi connectivity index (χ1v) is 10.9. The number of esters is 1. The number of aromatic nitrogens is 1. The maximum Gasteiger partial charge on any atom is 0.339 e. The fourth-order valence-electron chi connectivity index (χ4n) is 3.86. The number of carbonyl (C=O) groups is 2. The van der Waals surface area contributed by atoms with Gasteiger partial charge in [0.25, 0.3) is 5.91 Å². The molecule has 0 bridgehead atoms. The Morgan fingerprint density at radius 3 is 2.59 bits per heavy atom. The molecule has 0 radical (unpaired) electrons. The molecule has 1 aliphatic rings. The van der Waals surface area contributed by atoms with Gasteiger partial charge < -0.3 is 19.5 Å². The molecule has 0 saturated carbocycles. The lowest BCUT2D eigenvalue weighted by atomic mass is 10.0. The first-order chi connectivity index (χ1) is 16.6. The van der Waals surface area contributed by atoms with Gasteiger partial charge in [-0.15, -0.1) is 0 Å². The van der Waals surface area contributed by atoms with E-state index in [9.17, 15) is 9.59 Å². The summed E-state index contributed by atoms with van der Waals surface area (Å²) in [5, 5.41) is 3.51. The molecule has 1 atom stereocenters. The first kappa shape index (κ1) is 21.5. The summed E-state index contributed by atoms with van der Waals surface area (Å²) in [6.07, 6.45) is 0. The van der Waals surface area contributed by atoms with Crippen LogP contribution >= 0.6 is 0 Å². The molecule has 3 aromatic carbocycles. The Balaban J connectivity index is 1.29. The van der Waals surface area contributed by atoms with Gasteiger partial charge in [0.05, 0.1) is 22.8 Å². The van der Waals surface area contributed by atoms with Crippen LogP contribution in [0.1, 0.15) is 28.9 Å². The van der Waals surface area contributed by atoms with Gasteiger partial charge in [0.15, 0.2) is 18.1 Å². The van der Waals surface area contributed by atoms with E-state index < -0.39 is 18.5 Å². The van der Waals surface area contributed by atoms with Crippen LogP contribution in [0.3, 0.4) is 0 Å². The summed E-state index contributed by atoms with van der Waals surface area (Å²) in [4.78, 5) is 30.1. The highest BCUT2D eigenvalue weighted by atomic mass is 16.7. The summed E-state index contributed by atoms with van der Waals surface area (Å²) in [5.74, 6) is 0.335. The molecule has 1 aliphatic heterocycles. The first-order valence-electron chi connectivity index (χ1n) is 10.9. The van der Waals surface area contributed by atoms with E-state index in [1.165, 1.54) is 0 Å². The van der Waals surface area contributed by atoms with Crippen molar-refractivity contribution in [3.05, 3.63) is 90.0 Å². The van der Waals surface area contributed by atoms with E-state index in [-0.39, 0.29) is 12.8 Å². The minimum Gasteiger partial charge on any atom is -0.454 e. The average Bonchev–Trinajstić information content (AvgIpc) is 3.35. The molecule has 34 heavy (non-hydrogen) atoms. The lowest BCUT2D eigenvalue weighted by molar-refractivity contribution is -0.124. The van der Waals surface area contributed by atoms with Gasteiger partial charge in [0.1, 0.15) is 0 Å². The quantitative estimate of drug-likeness (QED) is 0.426. The third kappa shape index (κ3) is 4.41. The van der Waals surface area contributed by atoms with Gasteiger partial charge in [-0.3, -0.25) is 4.79 Å². The molecule has 170 valence electrons. The van der Waals surface area contributed by atoms with Gasteiger partial charge in [-0.25, -0.2) is 9.78 Å². The number of nitrogens with one attached hydrogen (secondary N) is 1. The number of pyridine rings is 1. The second kappa shape index (κ2) is 9.23. The fourth-order valence-corrected chi connectivity index (χ4v) is 3.86. The molecule has 7 heteroatoms. The van der Waals surface area contributed by atoms with E-state index in [0.717, 1.165) is 11.1 Å². The van der Waals surface area contributed by atoms with E-state index in [1.807, 2.05) is 73.7 Å². The predicted octanol–water partition coefficient (Wildman–Crippen LogP) is 4.66. The molecule has 1 aromatic heterocycles. The molecule has 1 N–H and O–H groups in total. The van der Waals surface area contributed by atoms with Crippen LogP contribution < -0.4 is 14.8 Å². The van der Waals surface area contributed by atoms with Crippen LogP contribution in [-0.2, 0) is 9.53 Å². The van der Waals surface area contributed by atoms with Crippen molar-refractivity contribution in [1.82, 2.24) is 10.3 Å².